The van der Waals surface area contributed by atoms with Gasteiger partial charge in [-0.05, 0) is 0 Å². The van der Waals surface area contributed by atoms with Crippen LogP contribution < -0.4 is 0 Å². The minimum Gasteiger partial charge on any atom is -0.273 e. The average molecular weight is 167 g/mol. The fourth-order valence-electron chi connectivity index (χ4n) is 0.141. The fraction of sp³-hybridized carbons (Fsp3) is 0.750. The van der Waals surface area contributed by atoms with Crippen LogP contribution in [0, 0.1) is 0 Å². The number of carbonyl (C=O) groups excluding carboxylic acids is 1. The van der Waals surface area contributed by atoms with Crippen molar-refractivity contribution in [1.82, 2.24) is 5.06 Å². The first-order chi connectivity index (χ1) is 4.54. The highest BCUT2D eigenvalue weighted by molar-refractivity contribution is 7.79. The Hall–Kier alpha value is -0.460. The number of hydrogen-bond acceptors (Lipinski definition) is 4. The number of amides is 1. The zero-order valence-corrected chi connectivity index (χ0v) is 6.80. The predicted octanol–water partition coefficient (Wildman–Crippen LogP) is -0.379. The largest absolute Gasteiger partial charge is 0.273 e. The van der Waals surface area contributed by atoms with E-state index in [1.54, 1.807) is 0 Å². The Morgan fingerprint density at radius 2 is 2.10 bits per heavy atom. The van der Waals surface area contributed by atoms with E-state index in [4.69, 9.17) is 0 Å². The van der Waals surface area contributed by atoms with Gasteiger partial charge in [-0.1, -0.05) is 4.99 Å². The molecule has 0 aliphatic carbocycles. The van der Waals surface area contributed by atoms with Gasteiger partial charge in [0, 0.05) is 20.2 Å². The molecule has 0 bridgehead atoms. The van der Waals surface area contributed by atoms with Crippen LogP contribution in [-0.2, 0) is 25.2 Å². The molecular formula is C4H9NO4S. The van der Waals surface area contributed by atoms with Gasteiger partial charge in [0.1, 0.15) is 0 Å². The van der Waals surface area contributed by atoms with Crippen molar-refractivity contribution in [3.63, 3.8) is 0 Å². The lowest BCUT2D eigenvalue weighted by Gasteiger charge is -2.09. The van der Waals surface area contributed by atoms with E-state index >= 15 is 0 Å². The van der Waals surface area contributed by atoms with Crippen LogP contribution >= 0.6 is 0 Å². The first-order valence-electron chi connectivity index (χ1n) is 2.47. The highest BCUT2D eigenvalue weighted by Gasteiger charge is 2.03. The second kappa shape index (κ2) is 4.37. The zero-order chi connectivity index (χ0) is 8.15. The third-order valence-corrected chi connectivity index (χ3v) is 0.934. The molecule has 0 aromatic heterocycles. The van der Waals surface area contributed by atoms with Gasteiger partial charge in [-0.3, -0.25) is 4.79 Å². The van der Waals surface area contributed by atoms with E-state index in [0.717, 1.165) is 5.06 Å². The van der Waals surface area contributed by atoms with E-state index in [2.05, 4.69) is 9.32 Å². The van der Waals surface area contributed by atoms with Crippen molar-refractivity contribution >= 4 is 17.0 Å². The van der Waals surface area contributed by atoms with Gasteiger partial charge < -0.3 is 0 Å². The molecule has 0 fully saturated rings. The Balaban J connectivity index is 3.49. The maximum atomic E-state index is 10.4. The summed E-state index contributed by atoms with van der Waals surface area (Å²) in [6.07, 6.45) is 1.29. The molecule has 6 heteroatoms. The number of hydrogen-bond donors (Lipinski definition) is 0. The Labute approximate surface area is 61.4 Å². The molecule has 0 saturated carbocycles. The molecule has 0 radical (unpaired) electrons. The standard InChI is InChI=1S/C4H9NO4S/c1-4(6)5(2)8-9-10(3)7/h1-3H3. The van der Waals surface area contributed by atoms with Crippen LogP contribution in [0.3, 0.4) is 0 Å². The quantitative estimate of drug-likeness (QED) is 0.425. The number of nitrogens with zero attached hydrogens (tertiary/aromatic N) is 1. The normalized spacial score (nSPS) is 12.7. The molecule has 0 aromatic carbocycles. The summed E-state index contributed by atoms with van der Waals surface area (Å²) in [5.41, 5.74) is 0. The topological polar surface area (TPSA) is 55.8 Å². The molecular weight excluding hydrogens is 158 g/mol. The first-order valence-corrected chi connectivity index (χ1v) is 3.95. The van der Waals surface area contributed by atoms with Gasteiger partial charge in [-0.2, -0.15) is 5.06 Å². The van der Waals surface area contributed by atoms with E-state index in [0.29, 0.717) is 0 Å². The monoisotopic (exact) mass is 167 g/mol. The molecule has 0 aliphatic rings. The summed E-state index contributed by atoms with van der Waals surface area (Å²) < 4.78 is 14.3. The second-order valence-electron chi connectivity index (χ2n) is 1.56. The summed E-state index contributed by atoms with van der Waals surface area (Å²) in [5.74, 6) is -0.328. The van der Waals surface area contributed by atoms with Gasteiger partial charge >= 0.3 is 0 Å². The van der Waals surface area contributed by atoms with Crippen molar-refractivity contribution in [3.05, 3.63) is 0 Å². The van der Waals surface area contributed by atoms with Crippen LogP contribution in [0.25, 0.3) is 0 Å². The van der Waals surface area contributed by atoms with Crippen LogP contribution in [0.1, 0.15) is 6.92 Å². The highest BCUT2D eigenvalue weighted by atomic mass is 32.2. The van der Waals surface area contributed by atoms with Gasteiger partial charge in [-0.15, -0.1) is 4.33 Å². The molecule has 10 heavy (non-hydrogen) atoms. The Bertz CT molecular complexity index is 148. The molecule has 1 atom stereocenters. The van der Waals surface area contributed by atoms with Gasteiger partial charge in [-0.25, -0.2) is 4.21 Å². The van der Waals surface area contributed by atoms with E-state index in [1.165, 1.54) is 20.2 Å². The number of rotatable bonds is 3. The second-order valence-corrected chi connectivity index (χ2v) is 2.50. The average Bonchev–Trinajstić information content (AvgIpc) is 1.82. The molecule has 0 spiro atoms. The van der Waals surface area contributed by atoms with E-state index in [9.17, 15) is 9.00 Å². The molecule has 1 unspecified atom stereocenters. The minimum atomic E-state index is -1.52. The summed E-state index contributed by atoms with van der Waals surface area (Å²) in [4.78, 5) is 14.6. The lowest BCUT2D eigenvalue weighted by Crippen LogP contribution is -2.24. The van der Waals surface area contributed by atoms with E-state index < -0.39 is 11.1 Å². The van der Waals surface area contributed by atoms with Gasteiger partial charge in [0.25, 0.3) is 0 Å². The van der Waals surface area contributed by atoms with Gasteiger partial charge in [0.05, 0.1) is 0 Å². The maximum Gasteiger partial charge on any atom is 0.245 e. The van der Waals surface area contributed by atoms with E-state index in [1.807, 2.05) is 0 Å². The maximum absolute atomic E-state index is 10.4. The van der Waals surface area contributed by atoms with Crippen molar-refractivity contribution in [2.75, 3.05) is 13.3 Å². The van der Waals surface area contributed by atoms with Crippen molar-refractivity contribution < 1.29 is 18.3 Å². The molecule has 0 saturated heterocycles. The Kier molecular flexibility index (Phi) is 4.17. The van der Waals surface area contributed by atoms with Gasteiger partial charge in [0.15, 0.2) is 11.1 Å². The SMILES string of the molecule is CC(=O)N(C)OOS(C)=O. The smallest absolute Gasteiger partial charge is 0.245 e. The number of hydroxylamine groups is 2. The molecule has 0 N–H and O–H groups in total. The molecule has 0 aromatic rings. The predicted molar refractivity (Wildman–Crippen MR) is 34.7 cm³/mol. The lowest BCUT2D eigenvalue weighted by molar-refractivity contribution is -0.336. The fourth-order valence-corrected chi connectivity index (χ4v) is 0.318. The van der Waals surface area contributed by atoms with Crippen LogP contribution in [0.2, 0.25) is 0 Å². The summed E-state index contributed by atoms with van der Waals surface area (Å²) in [7, 11) is 1.36. The summed E-state index contributed by atoms with van der Waals surface area (Å²) in [6, 6.07) is 0. The van der Waals surface area contributed by atoms with Crippen molar-refractivity contribution in [2.45, 2.75) is 6.92 Å². The number of carbonyl (C=O) groups is 1. The minimum absolute atomic E-state index is 0.328. The first kappa shape index (κ1) is 9.54. The highest BCUT2D eigenvalue weighted by Crippen LogP contribution is 1.88. The van der Waals surface area contributed by atoms with Crippen LogP contribution in [0.15, 0.2) is 0 Å². The third kappa shape index (κ3) is 4.42. The molecule has 0 aliphatic heterocycles. The lowest BCUT2D eigenvalue weighted by atomic mass is 10.7. The van der Waals surface area contributed by atoms with Crippen molar-refractivity contribution in [3.8, 4) is 0 Å². The summed E-state index contributed by atoms with van der Waals surface area (Å²) >= 11 is -1.52. The molecule has 0 rings (SSSR count). The van der Waals surface area contributed by atoms with Crippen LogP contribution in [0.5, 0.6) is 0 Å². The van der Waals surface area contributed by atoms with Crippen LogP contribution in [-0.4, -0.2) is 28.5 Å². The Morgan fingerprint density at radius 1 is 1.60 bits per heavy atom. The summed E-state index contributed by atoms with van der Waals surface area (Å²) in [5, 5.41) is 0.835. The Morgan fingerprint density at radius 3 is 2.40 bits per heavy atom. The molecule has 1 amide bonds. The molecule has 60 valence electrons. The van der Waals surface area contributed by atoms with Crippen LogP contribution in [0.4, 0.5) is 0 Å². The van der Waals surface area contributed by atoms with Gasteiger partial charge in [0.2, 0.25) is 5.91 Å². The molecule has 0 heterocycles. The third-order valence-electron chi connectivity index (χ3n) is 0.682. The van der Waals surface area contributed by atoms with Crippen molar-refractivity contribution in [1.29, 1.82) is 0 Å². The van der Waals surface area contributed by atoms with E-state index in [-0.39, 0.29) is 5.91 Å². The van der Waals surface area contributed by atoms with Crippen molar-refractivity contribution in [2.24, 2.45) is 0 Å². The summed E-state index contributed by atoms with van der Waals surface area (Å²) in [6.45, 7) is 1.29. The zero-order valence-electron chi connectivity index (χ0n) is 5.99. The molecule has 5 nitrogen and oxygen atoms in total.